The lowest BCUT2D eigenvalue weighted by Crippen LogP contribution is -2.27. The lowest BCUT2D eigenvalue weighted by atomic mass is 10.3. The Bertz CT molecular complexity index is 571. The largest absolute Gasteiger partial charge is 0.479 e. The molecule has 0 N–H and O–H groups in total. The van der Waals surface area contributed by atoms with Crippen molar-refractivity contribution in [3.63, 3.8) is 0 Å². The van der Waals surface area contributed by atoms with Gasteiger partial charge >= 0.3 is 5.97 Å². The molecule has 0 heterocycles. The van der Waals surface area contributed by atoms with Gasteiger partial charge in [0, 0.05) is 0 Å². The van der Waals surface area contributed by atoms with E-state index < -0.39 is 17.9 Å². The van der Waals surface area contributed by atoms with Crippen LogP contribution in [0.3, 0.4) is 0 Å². The van der Waals surface area contributed by atoms with Crippen LogP contribution < -0.4 is 9.62 Å². The quantitative estimate of drug-likeness (QED) is 0.621. The maximum Gasteiger partial charge on any atom is 0.395 e. The zero-order valence-electron chi connectivity index (χ0n) is 10.8. The third-order valence-electron chi connectivity index (χ3n) is 2.44. The van der Waals surface area contributed by atoms with Crippen LogP contribution in [0.25, 0.3) is 0 Å². The van der Waals surface area contributed by atoms with E-state index in [-0.39, 0.29) is 5.75 Å². The number of carbonyl (C=O) groups excluding carboxylic acids is 1. The summed E-state index contributed by atoms with van der Waals surface area (Å²) in [5.41, 5.74) is 0. The minimum Gasteiger partial charge on any atom is -0.479 e. The molecule has 0 aromatic heterocycles. The number of benzene rings is 2. The lowest BCUT2D eigenvalue weighted by molar-refractivity contribution is -0.221. The van der Waals surface area contributed by atoms with Gasteiger partial charge in [0.1, 0.15) is 5.75 Å². The summed E-state index contributed by atoms with van der Waals surface area (Å²) in [6.45, 7) is 1.51. The Kier molecular flexibility index (Phi) is 4.55. The van der Waals surface area contributed by atoms with E-state index in [1.807, 2.05) is 6.07 Å². The molecule has 2 aromatic rings. The summed E-state index contributed by atoms with van der Waals surface area (Å²) in [7, 11) is 0. The summed E-state index contributed by atoms with van der Waals surface area (Å²) in [5, 5.41) is 0. The summed E-state index contributed by atoms with van der Waals surface area (Å²) >= 11 is 0. The normalized spacial score (nSPS) is 11.5. The molecule has 0 amide bonds. The Morgan fingerprint density at radius 1 is 1.05 bits per heavy atom. The molecule has 0 aliphatic rings. The molecule has 2 aromatic carbocycles. The predicted molar refractivity (Wildman–Crippen MR) is 69.7 cm³/mol. The summed E-state index contributed by atoms with van der Waals surface area (Å²) in [5.74, 6) is -0.996. The van der Waals surface area contributed by atoms with Gasteiger partial charge in [0.2, 0.25) is 5.75 Å². The van der Waals surface area contributed by atoms with Gasteiger partial charge < -0.3 is 4.74 Å². The Morgan fingerprint density at radius 3 is 2.40 bits per heavy atom. The van der Waals surface area contributed by atoms with Crippen LogP contribution in [0.15, 0.2) is 54.6 Å². The van der Waals surface area contributed by atoms with Crippen molar-refractivity contribution in [1.82, 2.24) is 0 Å². The summed E-state index contributed by atoms with van der Waals surface area (Å²) in [4.78, 5) is 20.8. The van der Waals surface area contributed by atoms with Crippen LogP contribution in [-0.4, -0.2) is 12.1 Å². The highest BCUT2D eigenvalue weighted by Crippen LogP contribution is 2.16. The first kappa shape index (κ1) is 13.9. The van der Waals surface area contributed by atoms with Crippen molar-refractivity contribution in [1.29, 1.82) is 0 Å². The number of hydrogen-bond donors (Lipinski definition) is 0. The maximum absolute atomic E-state index is 13.2. The second kappa shape index (κ2) is 6.56. The van der Waals surface area contributed by atoms with E-state index in [0.29, 0.717) is 5.75 Å². The summed E-state index contributed by atoms with van der Waals surface area (Å²) in [6.07, 6.45) is -0.871. The average molecular weight is 276 g/mol. The standard InChI is InChI=1S/C15H13FO4/c1-11(18-12-7-3-2-4-8-12)15(17)20-19-14-10-6-5-9-13(14)16/h2-11H,1H3. The molecule has 104 valence electrons. The fraction of sp³-hybridized carbons (Fsp3) is 0.133. The van der Waals surface area contributed by atoms with E-state index in [1.165, 1.54) is 25.1 Å². The first-order chi connectivity index (χ1) is 9.66. The van der Waals surface area contributed by atoms with E-state index in [1.54, 1.807) is 30.3 Å². The smallest absolute Gasteiger partial charge is 0.395 e. The first-order valence-corrected chi connectivity index (χ1v) is 6.01. The van der Waals surface area contributed by atoms with Crippen molar-refractivity contribution in [3.8, 4) is 11.5 Å². The van der Waals surface area contributed by atoms with Gasteiger partial charge in [-0.05, 0) is 31.2 Å². The van der Waals surface area contributed by atoms with Crippen LogP contribution in [0.1, 0.15) is 6.92 Å². The molecular weight excluding hydrogens is 263 g/mol. The number of rotatable bonds is 5. The van der Waals surface area contributed by atoms with Gasteiger partial charge in [0.05, 0.1) is 0 Å². The van der Waals surface area contributed by atoms with Gasteiger partial charge in [-0.2, -0.15) is 0 Å². The average Bonchev–Trinajstić information content (AvgIpc) is 2.47. The van der Waals surface area contributed by atoms with Crippen LogP contribution in [-0.2, 0) is 9.68 Å². The monoisotopic (exact) mass is 276 g/mol. The highest BCUT2D eigenvalue weighted by Gasteiger charge is 2.19. The van der Waals surface area contributed by atoms with Gasteiger partial charge in [-0.15, -0.1) is 0 Å². The van der Waals surface area contributed by atoms with Crippen molar-refractivity contribution >= 4 is 5.97 Å². The van der Waals surface area contributed by atoms with Crippen molar-refractivity contribution < 1.29 is 23.7 Å². The van der Waals surface area contributed by atoms with E-state index in [2.05, 4.69) is 9.78 Å². The van der Waals surface area contributed by atoms with Crippen LogP contribution in [0.2, 0.25) is 0 Å². The molecule has 0 aliphatic carbocycles. The Hall–Kier alpha value is -2.56. The number of ether oxygens (including phenoxy) is 1. The van der Waals surface area contributed by atoms with Gasteiger partial charge in [0.25, 0.3) is 0 Å². The minimum atomic E-state index is -0.871. The van der Waals surface area contributed by atoms with E-state index >= 15 is 0 Å². The van der Waals surface area contributed by atoms with Gasteiger partial charge in [0.15, 0.2) is 11.9 Å². The summed E-state index contributed by atoms with van der Waals surface area (Å²) in [6, 6.07) is 14.4. The Labute approximate surface area is 115 Å². The molecule has 2 rings (SSSR count). The molecule has 0 spiro atoms. The number of carbonyl (C=O) groups is 1. The molecule has 20 heavy (non-hydrogen) atoms. The SMILES string of the molecule is CC(Oc1ccccc1)C(=O)OOc1ccccc1F. The molecule has 0 saturated carbocycles. The zero-order valence-corrected chi connectivity index (χ0v) is 10.8. The third kappa shape index (κ3) is 3.71. The molecule has 0 saturated heterocycles. The third-order valence-corrected chi connectivity index (χ3v) is 2.44. The van der Waals surface area contributed by atoms with Crippen LogP contribution in [0, 0.1) is 5.82 Å². The van der Waals surface area contributed by atoms with Gasteiger partial charge in [-0.1, -0.05) is 30.3 Å². The van der Waals surface area contributed by atoms with Crippen molar-refractivity contribution in [2.45, 2.75) is 13.0 Å². The molecule has 1 atom stereocenters. The van der Waals surface area contributed by atoms with Crippen LogP contribution in [0.4, 0.5) is 4.39 Å². The minimum absolute atomic E-state index is 0.159. The molecule has 0 fully saturated rings. The lowest BCUT2D eigenvalue weighted by Gasteiger charge is -2.12. The fourth-order valence-corrected chi connectivity index (χ4v) is 1.42. The molecule has 0 radical (unpaired) electrons. The highest BCUT2D eigenvalue weighted by atomic mass is 19.1. The van der Waals surface area contributed by atoms with Crippen molar-refractivity contribution in [2.24, 2.45) is 0 Å². The van der Waals surface area contributed by atoms with E-state index in [9.17, 15) is 9.18 Å². The van der Waals surface area contributed by atoms with E-state index in [4.69, 9.17) is 4.74 Å². The maximum atomic E-state index is 13.2. The topological polar surface area (TPSA) is 44.8 Å². The Morgan fingerprint density at radius 2 is 1.70 bits per heavy atom. The second-order valence-electron chi connectivity index (χ2n) is 3.99. The number of para-hydroxylation sites is 2. The molecular formula is C15H13FO4. The molecule has 0 aliphatic heterocycles. The van der Waals surface area contributed by atoms with E-state index in [0.717, 1.165) is 0 Å². The second-order valence-corrected chi connectivity index (χ2v) is 3.99. The first-order valence-electron chi connectivity index (χ1n) is 6.01. The van der Waals surface area contributed by atoms with Gasteiger partial charge in [-0.25, -0.2) is 14.1 Å². The predicted octanol–water partition coefficient (Wildman–Crippen LogP) is 3.13. The van der Waals surface area contributed by atoms with Crippen LogP contribution in [0.5, 0.6) is 11.5 Å². The van der Waals surface area contributed by atoms with Crippen LogP contribution >= 0.6 is 0 Å². The molecule has 1 unspecified atom stereocenters. The molecule has 5 heteroatoms. The molecule has 4 nitrogen and oxygen atoms in total. The van der Waals surface area contributed by atoms with Gasteiger partial charge in [-0.3, -0.25) is 4.89 Å². The van der Waals surface area contributed by atoms with Crippen molar-refractivity contribution in [2.75, 3.05) is 0 Å². The van der Waals surface area contributed by atoms with Crippen molar-refractivity contribution in [3.05, 3.63) is 60.4 Å². The highest BCUT2D eigenvalue weighted by molar-refractivity contribution is 5.74. The molecule has 0 bridgehead atoms. The summed E-state index contributed by atoms with van der Waals surface area (Å²) < 4.78 is 18.6. The number of hydrogen-bond acceptors (Lipinski definition) is 4. The number of halogens is 1. The zero-order chi connectivity index (χ0) is 14.4. The Balaban J connectivity index is 1.87. The fourth-order valence-electron chi connectivity index (χ4n) is 1.42.